The Bertz CT molecular complexity index is 770. The van der Waals surface area contributed by atoms with E-state index in [-0.39, 0.29) is 0 Å². The highest BCUT2D eigenvalue weighted by Gasteiger charge is 2.21. The Morgan fingerprint density at radius 2 is 1.50 bits per heavy atom. The van der Waals surface area contributed by atoms with Crippen molar-refractivity contribution in [1.82, 2.24) is 4.98 Å². The number of carbonyl (C=O) groups is 1. The molecule has 1 amide bonds. The van der Waals surface area contributed by atoms with Gasteiger partial charge in [0, 0.05) is 6.20 Å². The first-order chi connectivity index (χ1) is 10.8. The van der Waals surface area contributed by atoms with Crippen molar-refractivity contribution < 1.29 is 4.79 Å². The van der Waals surface area contributed by atoms with E-state index in [1.54, 1.807) is 6.20 Å². The predicted molar refractivity (Wildman–Crippen MR) is 87.2 cm³/mol. The first kappa shape index (κ1) is 14.0. The van der Waals surface area contributed by atoms with Gasteiger partial charge in [-0.25, -0.2) is 0 Å². The Balaban J connectivity index is 2.05. The largest absolute Gasteiger partial charge is 0.369 e. The van der Waals surface area contributed by atoms with E-state index in [4.69, 9.17) is 5.73 Å². The molecule has 1 atom stereocenters. The van der Waals surface area contributed by atoms with E-state index in [2.05, 4.69) is 4.98 Å². The molecule has 0 saturated carbocycles. The molecular formula is C19H16N2O. The molecule has 1 aromatic heterocycles. The molecule has 3 rings (SSSR count). The van der Waals surface area contributed by atoms with Gasteiger partial charge in [0.1, 0.15) is 5.92 Å². The first-order valence-electron chi connectivity index (χ1n) is 7.11. The zero-order valence-corrected chi connectivity index (χ0v) is 12.0. The van der Waals surface area contributed by atoms with Crippen LogP contribution in [0.5, 0.6) is 0 Å². The Morgan fingerprint density at radius 3 is 2.14 bits per heavy atom. The van der Waals surface area contributed by atoms with Gasteiger partial charge < -0.3 is 5.73 Å². The third-order valence-corrected chi connectivity index (χ3v) is 3.60. The van der Waals surface area contributed by atoms with Gasteiger partial charge in [-0.15, -0.1) is 0 Å². The van der Waals surface area contributed by atoms with Crippen LogP contribution >= 0.6 is 0 Å². The van der Waals surface area contributed by atoms with Crippen LogP contribution in [0.1, 0.15) is 17.2 Å². The summed E-state index contributed by atoms with van der Waals surface area (Å²) in [5.41, 5.74) is 9.24. The summed E-state index contributed by atoms with van der Waals surface area (Å²) in [6, 6.07) is 23.4. The normalized spacial score (nSPS) is 11.8. The van der Waals surface area contributed by atoms with Gasteiger partial charge >= 0.3 is 0 Å². The molecule has 0 fully saturated rings. The van der Waals surface area contributed by atoms with Crippen LogP contribution in [0.25, 0.3) is 11.1 Å². The van der Waals surface area contributed by atoms with Crippen LogP contribution in [0, 0.1) is 0 Å². The maximum atomic E-state index is 11.9. The smallest absolute Gasteiger partial charge is 0.231 e. The number of benzene rings is 2. The van der Waals surface area contributed by atoms with Gasteiger partial charge in [-0.3, -0.25) is 9.78 Å². The number of rotatable bonds is 4. The Labute approximate surface area is 129 Å². The third kappa shape index (κ3) is 2.88. The predicted octanol–water partition coefficient (Wildman–Crippen LogP) is 3.37. The standard InChI is InChI=1S/C19H16N2O/c20-19(22)18(15-9-5-2-6-10-15)17-13-16(11-12-21-17)14-7-3-1-4-8-14/h1-13,18H,(H2,20,22). The molecule has 3 aromatic rings. The molecule has 22 heavy (non-hydrogen) atoms. The van der Waals surface area contributed by atoms with Gasteiger partial charge in [0.05, 0.1) is 5.69 Å². The van der Waals surface area contributed by atoms with Crippen molar-refractivity contribution in [3.8, 4) is 11.1 Å². The lowest BCUT2D eigenvalue weighted by Crippen LogP contribution is -2.23. The lowest BCUT2D eigenvalue weighted by molar-refractivity contribution is -0.118. The van der Waals surface area contributed by atoms with Gasteiger partial charge in [0.25, 0.3) is 0 Å². The van der Waals surface area contributed by atoms with Gasteiger partial charge in [-0.1, -0.05) is 60.7 Å². The average molecular weight is 288 g/mol. The summed E-state index contributed by atoms with van der Waals surface area (Å²) < 4.78 is 0. The molecule has 1 heterocycles. The van der Waals surface area contributed by atoms with Gasteiger partial charge in [0.15, 0.2) is 0 Å². The fourth-order valence-electron chi connectivity index (χ4n) is 2.54. The van der Waals surface area contributed by atoms with E-state index in [1.165, 1.54) is 0 Å². The highest BCUT2D eigenvalue weighted by Crippen LogP contribution is 2.26. The molecule has 3 heteroatoms. The molecule has 3 nitrogen and oxygen atoms in total. The number of nitrogens with zero attached hydrogens (tertiary/aromatic N) is 1. The summed E-state index contributed by atoms with van der Waals surface area (Å²) in [6.07, 6.45) is 1.72. The molecule has 2 N–H and O–H groups in total. The van der Waals surface area contributed by atoms with Gasteiger partial charge in [-0.2, -0.15) is 0 Å². The minimum Gasteiger partial charge on any atom is -0.369 e. The number of amides is 1. The number of primary amides is 1. The van der Waals surface area contributed by atoms with E-state index < -0.39 is 11.8 Å². The van der Waals surface area contributed by atoms with E-state index in [9.17, 15) is 4.79 Å². The molecule has 0 aliphatic rings. The van der Waals surface area contributed by atoms with Crippen LogP contribution in [0.4, 0.5) is 0 Å². The molecule has 2 aromatic carbocycles. The average Bonchev–Trinajstić information content (AvgIpc) is 2.57. The van der Waals surface area contributed by atoms with Crippen molar-refractivity contribution in [3.63, 3.8) is 0 Å². The second-order valence-corrected chi connectivity index (χ2v) is 5.08. The number of aromatic nitrogens is 1. The zero-order chi connectivity index (χ0) is 15.4. The van der Waals surface area contributed by atoms with Crippen LogP contribution in [-0.4, -0.2) is 10.9 Å². The number of carbonyl (C=O) groups excluding carboxylic acids is 1. The molecule has 1 unspecified atom stereocenters. The van der Waals surface area contributed by atoms with Crippen molar-refractivity contribution in [2.75, 3.05) is 0 Å². The summed E-state index contributed by atoms with van der Waals surface area (Å²) in [5.74, 6) is -0.936. The number of pyridine rings is 1. The zero-order valence-electron chi connectivity index (χ0n) is 12.0. The summed E-state index contributed by atoms with van der Waals surface area (Å²) in [5, 5.41) is 0. The molecule has 0 bridgehead atoms. The minimum atomic E-state index is -0.537. The second-order valence-electron chi connectivity index (χ2n) is 5.08. The fourth-order valence-corrected chi connectivity index (χ4v) is 2.54. The Hall–Kier alpha value is -2.94. The summed E-state index contributed by atoms with van der Waals surface area (Å²) >= 11 is 0. The second kappa shape index (κ2) is 6.22. The summed E-state index contributed by atoms with van der Waals surface area (Å²) in [4.78, 5) is 16.3. The maximum Gasteiger partial charge on any atom is 0.231 e. The van der Waals surface area contributed by atoms with Crippen LogP contribution in [-0.2, 0) is 4.79 Å². The molecular weight excluding hydrogens is 272 g/mol. The van der Waals surface area contributed by atoms with Crippen molar-refractivity contribution in [1.29, 1.82) is 0 Å². The highest BCUT2D eigenvalue weighted by molar-refractivity contribution is 5.85. The summed E-state index contributed by atoms with van der Waals surface area (Å²) in [7, 11) is 0. The SMILES string of the molecule is NC(=O)C(c1ccccc1)c1cc(-c2ccccc2)ccn1. The molecule has 108 valence electrons. The molecule has 0 aliphatic heterocycles. The lowest BCUT2D eigenvalue weighted by Gasteiger charge is -2.14. The number of nitrogens with two attached hydrogens (primary N) is 1. The summed E-state index contributed by atoms with van der Waals surface area (Å²) in [6.45, 7) is 0. The maximum absolute atomic E-state index is 11.9. The van der Waals surface area contributed by atoms with E-state index in [0.29, 0.717) is 5.69 Å². The van der Waals surface area contributed by atoms with Crippen LogP contribution in [0.2, 0.25) is 0 Å². The van der Waals surface area contributed by atoms with Crippen molar-refractivity contribution in [2.45, 2.75) is 5.92 Å². The van der Waals surface area contributed by atoms with E-state index in [1.807, 2.05) is 72.8 Å². The van der Waals surface area contributed by atoms with Crippen LogP contribution in [0.3, 0.4) is 0 Å². The monoisotopic (exact) mass is 288 g/mol. The van der Waals surface area contributed by atoms with Crippen molar-refractivity contribution in [2.24, 2.45) is 5.73 Å². The van der Waals surface area contributed by atoms with Crippen LogP contribution < -0.4 is 5.73 Å². The van der Waals surface area contributed by atoms with Crippen LogP contribution in [0.15, 0.2) is 79.0 Å². The Kier molecular flexibility index (Phi) is 3.97. The number of hydrogen-bond donors (Lipinski definition) is 1. The first-order valence-corrected chi connectivity index (χ1v) is 7.11. The minimum absolute atomic E-state index is 0.399. The van der Waals surface area contributed by atoms with Gasteiger partial charge in [-0.05, 0) is 28.8 Å². The molecule has 0 spiro atoms. The highest BCUT2D eigenvalue weighted by atomic mass is 16.1. The lowest BCUT2D eigenvalue weighted by atomic mass is 9.93. The third-order valence-electron chi connectivity index (χ3n) is 3.60. The molecule has 0 aliphatic carbocycles. The number of hydrogen-bond acceptors (Lipinski definition) is 2. The molecule has 0 radical (unpaired) electrons. The van der Waals surface area contributed by atoms with E-state index >= 15 is 0 Å². The topological polar surface area (TPSA) is 56.0 Å². The Morgan fingerprint density at radius 1 is 0.864 bits per heavy atom. The molecule has 0 saturated heterocycles. The van der Waals surface area contributed by atoms with Crippen molar-refractivity contribution >= 4 is 5.91 Å². The van der Waals surface area contributed by atoms with Gasteiger partial charge in [0.2, 0.25) is 5.91 Å². The quantitative estimate of drug-likeness (QED) is 0.800. The van der Waals surface area contributed by atoms with Crippen molar-refractivity contribution in [3.05, 3.63) is 90.3 Å². The van der Waals surface area contributed by atoms with E-state index in [0.717, 1.165) is 16.7 Å². The fraction of sp³-hybridized carbons (Fsp3) is 0.0526.